The molecule has 1 saturated carbocycles. The summed E-state index contributed by atoms with van der Waals surface area (Å²) in [6, 6.07) is -0.272. The normalized spacial score (nSPS) is 29.1. The average molecular weight is 267 g/mol. The minimum Gasteiger partial charge on any atom is -0.344 e. The molecule has 3 unspecified atom stereocenters. The van der Waals surface area contributed by atoms with Crippen molar-refractivity contribution in [1.82, 2.24) is 10.2 Å². The van der Waals surface area contributed by atoms with Crippen LogP contribution in [0.3, 0.4) is 0 Å². The molecule has 1 aliphatic carbocycles. The van der Waals surface area contributed by atoms with Crippen molar-refractivity contribution in [1.29, 1.82) is 0 Å². The Labute approximate surface area is 114 Å². The first-order valence-corrected chi connectivity index (χ1v) is 7.42. The highest BCUT2D eigenvalue weighted by Crippen LogP contribution is 2.24. The van der Waals surface area contributed by atoms with Gasteiger partial charge in [-0.1, -0.05) is 0 Å². The van der Waals surface area contributed by atoms with Gasteiger partial charge in [0.15, 0.2) is 0 Å². The van der Waals surface area contributed by atoms with Gasteiger partial charge in [0.2, 0.25) is 11.8 Å². The number of hydrogen-bond acceptors (Lipinski definition) is 3. The van der Waals surface area contributed by atoms with Gasteiger partial charge in [0, 0.05) is 25.0 Å². The standard InChI is InChI=1S/C14H25N3O2/c1-10(14(19)17-7-3-2-4-8-17)16-13(18)11-5-6-12(15)9-11/h10-12H,2-9,15H2,1H3,(H,16,18). The van der Waals surface area contributed by atoms with Gasteiger partial charge in [-0.25, -0.2) is 0 Å². The maximum atomic E-state index is 12.2. The second-order valence-corrected chi connectivity index (χ2v) is 5.89. The van der Waals surface area contributed by atoms with Gasteiger partial charge >= 0.3 is 0 Å². The Bertz CT molecular complexity index is 340. The number of nitrogens with zero attached hydrogens (tertiary/aromatic N) is 1. The fourth-order valence-electron chi connectivity index (χ4n) is 3.04. The third-order valence-corrected chi connectivity index (χ3v) is 4.24. The van der Waals surface area contributed by atoms with Crippen molar-refractivity contribution in [3.05, 3.63) is 0 Å². The van der Waals surface area contributed by atoms with Crippen LogP contribution in [0.2, 0.25) is 0 Å². The van der Waals surface area contributed by atoms with Crippen molar-refractivity contribution in [2.24, 2.45) is 11.7 Å². The molecule has 0 radical (unpaired) electrons. The highest BCUT2D eigenvalue weighted by atomic mass is 16.2. The Balaban J connectivity index is 1.80. The molecule has 5 heteroatoms. The van der Waals surface area contributed by atoms with Crippen LogP contribution in [0.5, 0.6) is 0 Å². The van der Waals surface area contributed by atoms with E-state index in [9.17, 15) is 9.59 Å². The third-order valence-electron chi connectivity index (χ3n) is 4.24. The first-order valence-electron chi connectivity index (χ1n) is 7.42. The molecule has 0 aromatic rings. The van der Waals surface area contributed by atoms with E-state index in [4.69, 9.17) is 5.73 Å². The van der Waals surface area contributed by atoms with Gasteiger partial charge in [0.25, 0.3) is 0 Å². The molecular formula is C14H25N3O2. The monoisotopic (exact) mass is 267 g/mol. The second kappa shape index (κ2) is 6.37. The van der Waals surface area contributed by atoms with Crippen LogP contribution in [0.1, 0.15) is 45.4 Å². The van der Waals surface area contributed by atoms with E-state index in [1.807, 2.05) is 4.90 Å². The van der Waals surface area contributed by atoms with E-state index in [0.717, 1.165) is 45.2 Å². The third kappa shape index (κ3) is 3.69. The Morgan fingerprint density at radius 2 is 1.89 bits per heavy atom. The zero-order chi connectivity index (χ0) is 13.8. The minimum absolute atomic E-state index is 0.00777. The predicted octanol–water partition coefficient (Wildman–Crippen LogP) is 0.631. The van der Waals surface area contributed by atoms with E-state index in [0.29, 0.717) is 0 Å². The molecule has 3 atom stereocenters. The first-order chi connectivity index (χ1) is 9.08. The summed E-state index contributed by atoms with van der Waals surface area (Å²) in [5.41, 5.74) is 5.82. The summed E-state index contributed by atoms with van der Waals surface area (Å²) in [5, 5.41) is 2.85. The number of nitrogens with two attached hydrogens (primary N) is 1. The van der Waals surface area contributed by atoms with Crippen molar-refractivity contribution in [2.75, 3.05) is 13.1 Å². The largest absolute Gasteiger partial charge is 0.344 e. The zero-order valence-electron chi connectivity index (χ0n) is 11.7. The van der Waals surface area contributed by atoms with Gasteiger partial charge < -0.3 is 16.0 Å². The quantitative estimate of drug-likeness (QED) is 0.787. The Hall–Kier alpha value is -1.10. The first kappa shape index (κ1) is 14.3. The summed E-state index contributed by atoms with van der Waals surface area (Å²) < 4.78 is 0. The maximum absolute atomic E-state index is 12.2. The lowest BCUT2D eigenvalue weighted by Gasteiger charge is -2.29. The number of piperidine rings is 1. The van der Waals surface area contributed by atoms with Gasteiger partial charge in [-0.05, 0) is 45.4 Å². The van der Waals surface area contributed by atoms with E-state index in [-0.39, 0.29) is 23.8 Å². The van der Waals surface area contributed by atoms with Crippen molar-refractivity contribution >= 4 is 11.8 Å². The van der Waals surface area contributed by atoms with E-state index in [2.05, 4.69) is 5.32 Å². The van der Waals surface area contributed by atoms with Crippen molar-refractivity contribution in [2.45, 2.75) is 57.5 Å². The molecule has 3 N–H and O–H groups in total. The molecule has 2 fully saturated rings. The van der Waals surface area contributed by atoms with Crippen LogP contribution in [0, 0.1) is 5.92 Å². The zero-order valence-corrected chi connectivity index (χ0v) is 11.7. The number of likely N-dealkylation sites (tertiary alicyclic amines) is 1. The average Bonchev–Trinajstić information content (AvgIpc) is 2.85. The molecule has 1 saturated heterocycles. The Kier molecular flexibility index (Phi) is 4.80. The number of nitrogens with one attached hydrogen (secondary N) is 1. The summed E-state index contributed by atoms with van der Waals surface area (Å²) in [6.45, 7) is 3.43. The molecule has 1 heterocycles. The Morgan fingerprint density at radius 1 is 1.21 bits per heavy atom. The lowest BCUT2D eigenvalue weighted by atomic mass is 10.1. The SMILES string of the molecule is CC(NC(=O)C1CCC(N)C1)C(=O)N1CCCCC1. The maximum Gasteiger partial charge on any atom is 0.244 e. The van der Waals surface area contributed by atoms with Crippen LogP contribution in [-0.4, -0.2) is 41.9 Å². The molecule has 19 heavy (non-hydrogen) atoms. The van der Waals surface area contributed by atoms with E-state index >= 15 is 0 Å². The van der Waals surface area contributed by atoms with Crippen LogP contribution in [0.25, 0.3) is 0 Å². The molecule has 5 nitrogen and oxygen atoms in total. The fraction of sp³-hybridized carbons (Fsp3) is 0.857. The van der Waals surface area contributed by atoms with Gasteiger partial charge in [0.1, 0.15) is 6.04 Å². The van der Waals surface area contributed by atoms with E-state index in [1.165, 1.54) is 6.42 Å². The molecule has 2 aliphatic rings. The predicted molar refractivity (Wildman–Crippen MR) is 73.4 cm³/mol. The van der Waals surface area contributed by atoms with Crippen LogP contribution in [-0.2, 0) is 9.59 Å². The summed E-state index contributed by atoms with van der Waals surface area (Å²) in [4.78, 5) is 26.1. The number of rotatable bonds is 3. The van der Waals surface area contributed by atoms with Gasteiger partial charge in [-0.3, -0.25) is 9.59 Å². The van der Waals surface area contributed by atoms with Crippen LogP contribution in [0.15, 0.2) is 0 Å². The molecule has 1 aliphatic heterocycles. The number of amides is 2. The van der Waals surface area contributed by atoms with Crippen LogP contribution < -0.4 is 11.1 Å². The van der Waals surface area contributed by atoms with Crippen molar-refractivity contribution in [3.63, 3.8) is 0 Å². The lowest BCUT2D eigenvalue weighted by Crippen LogP contribution is -2.49. The molecule has 0 spiro atoms. The minimum atomic E-state index is -0.414. The molecule has 2 amide bonds. The lowest BCUT2D eigenvalue weighted by molar-refractivity contribution is -0.137. The summed E-state index contributed by atoms with van der Waals surface area (Å²) in [6.07, 6.45) is 5.85. The summed E-state index contributed by atoms with van der Waals surface area (Å²) >= 11 is 0. The molecular weight excluding hydrogens is 242 g/mol. The topological polar surface area (TPSA) is 75.4 Å². The Morgan fingerprint density at radius 3 is 2.47 bits per heavy atom. The summed E-state index contributed by atoms with van der Waals surface area (Å²) in [5.74, 6) is 0.0350. The molecule has 0 aromatic heterocycles. The highest BCUT2D eigenvalue weighted by Gasteiger charge is 2.30. The molecule has 108 valence electrons. The summed E-state index contributed by atoms with van der Waals surface area (Å²) in [7, 11) is 0. The molecule has 0 bridgehead atoms. The fourth-order valence-corrected chi connectivity index (χ4v) is 3.04. The highest BCUT2D eigenvalue weighted by molar-refractivity contribution is 5.88. The molecule has 2 rings (SSSR count). The number of carbonyl (C=O) groups excluding carboxylic acids is 2. The van der Waals surface area contributed by atoms with Crippen LogP contribution >= 0.6 is 0 Å². The smallest absolute Gasteiger partial charge is 0.244 e. The number of hydrogen-bond donors (Lipinski definition) is 2. The van der Waals surface area contributed by atoms with Crippen LogP contribution in [0.4, 0.5) is 0 Å². The van der Waals surface area contributed by atoms with Gasteiger partial charge in [-0.2, -0.15) is 0 Å². The second-order valence-electron chi connectivity index (χ2n) is 5.89. The van der Waals surface area contributed by atoms with Gasteiger partial charge in [-0.15, -0.1) is 0 Å². The van der Waals surface area contributed by atoms with Crippen molar-refractivity contribution < 1.29 is 9.59 Å². The van der Waals surface area contributed by atoms with E-state index in [1.54, 1.807) is 6.92 Å². The molecule has 0 aromatic carbocycles. The number of carbonyl (C=O) groups is 2. The van der Waals surface area contributed by atoms with E-state index < -0.39 is 6.04 Å². The van der Waals surface area contributed by atoms with Gasteiger partial charge in [0.05, 0.1) is 0 Å². The van der Waals surface area contributed by atoms with Crippen molar-refractivity contribution in [3.8, 4) is 0 Å².